The Morgan fingerprint density at radius 2 is 2.05 bits per heavy atom. The van der Waals surface area contributed by atoms with Crippen LogP contribution in [0.25, 0.3) is 0 Å². The fourth-order valence-corrected chi connectivity index (χ4v) is 2.45. The first-order valence-electron chi connectivity index (χ1n) is 6.88. The lowest BCUT2D eigenvalue weighted by Gasteiger charge is -2.35. The standard InChI is InChI=1S/C14H17ClFN3O3/c15-11-3-1-2-8(13(11)16)6-18-12(20)7-17-9-4-10(5-9)19-14(21)22/h1-3,9-10,17,19H,4-7H2,(H,18,20)(H,21,22). The second-order valence-corrected chi connectivity index (χ2v) is 5.59. The van der Waals surface area contributed by atoms with Crippen LogP contribution < -0.4 is 16.0 Å². The smallest absolute Gasteiger partial charge is 0.404 e. The Labute approximate surface area is 132 Å². The van der Waals surface area contributed by atoms with Crippen molar-refractivity contribution in [1.82, 2.24) is 16.0 Å². The molecule has 1 aromatic rings. The predicted molar refractivity (Wildman–Crippen MR) is 79.2 cm³/mol. The van der Waals surface area contributed by atoms with Crippen molar-refractivity contribution in [3.8, 4) is 0 Å². The molecule has 0 spiro atoms. The largest absolute Gasteiger partial charge is 0.465 e. The number of carbonyl (C=O) groups excluding carboxylic acids is 1. The average Bonchev–Trinajstić information content (AvgIpc) is 2.42. The zero-order valence-corrected chi connectivity index (χ0v) is 12.5. The molecule has 8 heteroatoms. The first kappa shape index (κ1) is 16.5. The molecule has 1 saturated carbocycles. The van der Waals surface area contributed by atoms with Gasteiger partial charge in [-0.1, -0.05) is 23.7 Å². The van der Waals surface area contributed by atoms with Crippen molar-refractivity contribution in [1.29, 1.82) is 0 Å². The van der Waals surface area contributed by atoms with E-state index in [4.69, 9.17) is 16.7 Å². The molecular weight excluding hydrogens is 313 g/mol. The van der Waals surface area contributed by atoms with Gasteiger partial charge in [0.25, 0.3) is 0 Å². The molecule has 120 valence electrons. The van der Waals surface area contributed by atoms with Crippen LogP contribution in [0.2, 0.25) is 5.02 Å². The average molecular weight is 330 g/mol. The number of benzene rings is 1. The molecule has 0 atom stereocenters. The Balaban J connectivity index is 1.65. The highest BCUT2D eigenvalue weighted by atomic mass is 35.5. The molecule has 0 heterocycles. The van der Waals surface area contributed by atoms with E-state index in [1.54, 1.807) is 12.1 Å². The van der Waals surface area contributed by atoms with E-state index in [9.17, 15) is 14.0 Å². The fourth-order valence-electron chi connectivity index (χ4n) is 2.26. The number of hydrogen-bond acceptors (Lipinski definition) is 3. The summed E-state index contributed by atoms with van der Waals surface area (Å²) in [5.41, 5.74) is 0.329. The molecule has 1 aliphatic rings. The first-order valence-corrected chi connectivity index (χ1v) is 7.26. The Hall–Kier alpha value is -1.86. The van der Waals surface area contributed by atoms with Gasteiger partial charge in [0.15, 0.2) is 0 Å². The number of amides is 2. The predicted octanol–water partition coefficient (Wildman–Crippen LogP) is 1.48. The van der Waals surface area contributed by atoms with Gasteiger partial charge < -0.3 is 21.1 Å². The van der Waals surface area contributed by atoms with E-state index >= 15 is 0 Å². The van der Waals surface area contributed by atoms with Crippen molar-refractivity contribution >= 4 is 23.6 Å². The Morgan fingerprint density at radius 1 is 1.32 bits per heavy atom. The van der Waals surface area contributed by atoms with Crippen LogP contribution >= 0.6 is 11.6 Å². The molecule has 0 bridgehead atoms. The summed E-state index contributed by atoms with van der Waals surface area (Å²) in [6.07, 6.45) is 0.273. The fraction of sp³-hybridized carbons (Fsp3) is 0.429. The number of nitrogens with one attached hydrogen (secondary N) is 3. The van der Waals surface area contributed by atoms with Crippen molar-refractivity contribution in [3.05, 3.63) is 34.6 Å². The minimum atomic E-state index is -1.04. The maximum atomic E-state index is 13.6. The van der Waals surface area contributed by atoms with Crippen molar-refractivity contribution in [2.45, 2.75) is 31.5 Å². The minimum Gasteiger partial charge on any atom is -0.465 e. The van der Waals surface area contributed by atoms with Crippen molar-refractivity contribution < 1.29 is 19.1 Å². The van der Waals surface area contributed by atoms with Crippen LogP contribution in [0.1, 0.15) is 18.4 Å². The maximum Gasteiger partial charge on any atom is 0.404 e. The SMILES string of the molecule is O=C(O)NC1CC(NCC(=O)NCc2cccc(Cl)c2F)C1. The molecule has 0 aromatic heterocycles. The summed E-state index contributed by atoms with van der Waals surface area (Å²) in [4.78, 5) is 22.1. The third-order valence-corrected chi connectivity index (χ3v) is 3.82. The van der Waals surface area contributed by atoms with Crippen molar-refractivity contribution in [3.63, 3.8) is 0 Å². The molecule has 0 saturated heterocycles. The van der Waals surface area contributed by atoms with Gasteiger partial charge in [-0.05, 0) is 18.9 Å². The maximum absolute atomic E-state index is 13.6. The summed E-state index contributed by atoms with van der Waals surface area (Å²) in [5.74, 6) is -0.784. The van der Waals surface area contributed by atoms with Crippen LogP contribution in [0.3, 0.4) is 0 Å². The van der Waals surface area contributed by atoms with Crippen LogP contribution in [-0.4, -0.2) is 35.7 Å². The second-order valence-electron chi connectivity index (χ2n) is 5.19. The van der Waals surface area contributed by atoms with E-state index in [0.29, 0.717) is 18.4 Å². The molecule has 2 rings (SSSR count). The number of hydrogen-bond donors (Lipinski definition) is 4. The summed E-state index contributed by atoms with van der Waals surface area (Å²) in [6.45, 7) is 0.174. The van der Waals surface area contributed by atoms with E-state index in [-0.39, 0.29) is 36.1 Å². The van der Waals surface area contributed by atoms with Gasteiger partial charge >= 0.3 is 6.09 Å². The second kappa shape index (κ2) is 7.42. The third-order valence-electron chi connectivity index (χ3n) is 3.52. The number of carbonyl (C=O) groups is 2. The van der Waals surface area contributed by atoms with Gasteiger partial charge in [-0.15, -0.1) is 0 Å². The third kappa shape index (κ3) is 4.57. The Bertz CT molecular complexity index is 564. The summed E-state index contributed by atoms with van der Waals surface area (Å²) in [5, 5.41) is 16.6. The van der Waals surface area contributed by atoms with Crippen LogP contribution in [0.15, 0.2) is 18.2 Å². The van der Waals surface area contributed by atoms with Gasteiger partial charge in [0, 0.05) is 24.2 Å². The highest BCUT2D eigenvalue weighted by molar-refractivity contribution is 6.30. The van der Waals surface area contributed by atoms with Gasteiger partial charge in [-0.2, -0.15) is 0 Å². The number of carboxylic acid groups (broad SMARTS) is 1. The topological polar surface area (TPSA) is 90.5 Å². The lowest BCUT2D eigenvalue weighted by Crippen LogP contribution is -2.53. The van der Waals surface area contributed by atoms with Crippen molar-refractivity contribution in [2.75, 3.05) is 6.54 Å². The zero-order valence-electron chi connectivity index (χ0n) is 11.7. The van der Waals surface area contributed by atoms with Gasteiger partial charge in [0.2, 0.25) is 5.91 Å². The first-order chi connectivity index (χ1) is 10.5. The summed E-state index contributed by atoms with van der Waals surface area (Å²) in [6, 6.07) is 4.68. The molecule has 2 amide bonds. The monoisotopic (exact) mass is 329 g/mol. The van der Waals surface area contributed by atoms with Crippen LogP contribution in [-0.2, 0) is 11.3 Å². The van der Waals surface area contributed by atoms with Crippen molar-refractivity contribution in [2.24, 2.45) is 0 Å². The molecule has 0 unspecified atom stereocenters. The molecule has 22 heavy (non-hydrogen) atoms. The van der Waals surface area contributed by atoms with Gasteiger partial charge in [0.1, 0.15) is 5.82 Å². The summed E-state index contributed by atoms with van der Waals surface area (Å²) in [7, 11) is 0. The zero-order chi connectivity index (χ0) is 16.1. The van der Waals surface area contributed by atoms with Crippen LogP contribution in [0.5, 0.6) is 0 Å². The molecule has 1 fully saturated rings. The molecule has 1 aromatic carbocycles. The quantitative estimate of drug-likeness (QED) is 0.636. The summed E-state index contributed by atoms with van der Waals surface area (Å²) >= 11 is 5.66. The molecule has 0 radical (unpaired) electrons. The van der Waals surface area contributed by atoms with Gasteiger partial charge in [-0.3, -0.25) is 4.79 Å². The van der Waals surface area contributed by atoms with E-state index in [1.807, 2.05) is 0 Å². The normalized spacial score (nSPS) is 20.1. The number of halogens is 2. The van der Waals surface area contributed by atoms with E-state index in [0.717, 1.165) is 0 Å². The minimum absolute atomic E-state index is 0.0244. The van der Waals surface area contributed by atoms with E-state index in [1.165, 1.54) is 6.07 Å². The lowest BCUT2D eigenvalue weighted by atomic mass is 9.87. The molecular formula is C14H17ClFN3O3. The van der Waals surface area contributed by atoms with E-state index < -0.39 is 11.9 Å². The lowest BCUT2D eigenvalue weighted by molar-refractivity contribution is -0.120. The molecule has 1 aliphatic carbocycles. The van der Waals surface area contributed by atoms with Gasteiger partial charge in [-0.25, -0.2) is 9.18 Å². The molecule has 0 aliphatic heterocycles. The van der Waals surface area contributed by atoms with Gasteiger partial charge in [0.05, 0.1) is 11.6 Å². The Morgan fingerprint density at radius 3 is 2.73 bits per heavy atom. The molecule has 4 N–H and O–H groups in total. The van der Waals surface area contributed by atoms with E-state index in [2.05, 4.69) is 16.0 Å². The van der Waals surface area contributed by atoms with Crippen LogP contribution in [0.4, 0.5) is 9.18 Å². The highest BCUT2D eigenvalue weighted by Gasteiger charge is 2.30. The molecule has 6 nitrogen and oxygen atoms in total. The highest BCUT2D eigenvalue weighted by Crippen LogP contribution is 2.19. The van der Waals surface area contributed by atoms with Crippen LogP contribution in [0, 0.1) is 5.82 Å². The Kier molecular flexibility index (Phi) is 5.57. The number of rotatable bonds is 6. The summed E-state index contributed by atoms with van der Waals surface area (Å²) < 4.78 is 13.6.